The van der Waals surface area contributed by atoms with Crippen LogP contribution < -0.4 is 4.90 Å². The number of sulfone groups is 1. The van der Waals surface area contributed by atoms with Crippen LogP contribution in [0.3, 0.4) is 0 Å². The van der Waals surface area contributed by atoms with E-state index in [1.165, 1.54) is 37.5 Å². The summed E-state index contributed by atoms with van der Waals surface area (Å²) in [6.45, 7) is 3.29. The molecule has 0 bridgehead atoms. The van der Waals surface area contributed by atoms with E-state index in [0.29, 0.717) is 37.0 Å². The second kappa shape index (κ2) is 7.57. The highest BCUT2D eigenvalue weighted by Crippen LogP contribution is 2.35. The summed E-state index contributed by atoms with van der Waals surface area (Å²) in [5.74, 6) is 0.514. The Bertz CT molecular complexity index is 1120. The number of hydrogen-bond donors (Lipinski definition) is 0. The maximum atomic E-state index is 13.3. The smallest absolute Gasteiger partial charge is 0.266 e. The van der Waals surface area contributed by atoms with Crippen molar-refractivity contribution < 1.29 is 22.0 Å². The summed E-state index contributed by atoms with van der Waals surface area (Å²) < 4.78 is 37.7. The third-order valence-corrected chi connectivity index (χ3v) is 6.62. The molecule has 1 aliphatic heterocycles. The van der Waals surface area contributed by atoms with Gasteiger partial charge in [-0.3, -0.25) is 4.79 Å². The van der Waals surface area contributed by atoms with Gasteiger partial charge < -0.3 is 18.6 Å². The van der Waals surface area contributed by atoms with Gasteiger partial charge in [-0.25, -0.2) is 8.42 Å². The van der Waals surface area contributed by atoms with Crippen LogP contribution >= 0.6 is 11.6 Å². The highest BCUT2D eigenvalue weighted by Gasteiger charge is 2.33. The monoisotopic (exact) mass is 435 g/mol. The van der Waals surface area contributed by atoms with Crippen molar-refractivity contribution in [3.8, 4) is 11.7 Å². The van der Waals surface area contributed by atoms with Gasteiger partial charge >= 0.3 is 0 Å². The molecule has 1 aromatic carbocycles. The molecule has 0 N–H and O–H groups in total. The lowest BCUT2D eigenvalue weighted by molar-refractivity contribution is -0.129. The number of halogens is 1. The molecule has 0 atom stereocenters. The van der Waals surface area contributed by atoms with Gasteiger partial charge in [0.1, 0.15) is 0 Å². The molecular weight excluding hydrogens is 418 g/mol. The van der Waals surface area contributed by atoms with Crippen LogP contribution in [0, 0.1) is 0 Å². The van der Waals surface area contributed by atoms with Crippen LogP contribution in [0.2, 0.25) is 5.02 Å². The number of furan rings is 1. The molecule has 29 heavy (non-hydrogen) atoms. The summed E-state index contributed by atoms with van der Waals surface area (Å²) in [4.78, 5) is 19.4. The largest absolute Gasteiger partial charge is 0.459 e. The lowest BCUT2D eigenvalue weighted by Crippen LogP contribution is -2.48. The summed E-state index contributed by atoms with van der Waals surface area (Å²) in [6, 6.07) is 9.17. The molecule has 2 aromatic heterocycles. The number of nitrogens with zero attached hydrogens (tertiary/aromatic N) is 3. The van der Waals surface area contributed by atoms with Crippen molar-refractivity contribution in [2.45, 2.75) is 16.8 Å². The Labute approximate surface area is 172 Å². The van der Waals surface area contributed by atoms with Gasteiger partial charge in [-0.1, -0.05) is 11.6 Å². The second-order valence-corrected chi connectivity index (χ2v) is 8.86. The van der Waals surface area contributed by atoms with Gasteiger partial charge in [0.2, 0.25) is 26.7 Å². The fraction of sp³-hybridized carbons (Fsp3) is 0.263. The molecule has 152 valence electrons. The summed E-state index contributed by atoms with van der Waals surface area (Å²) in [7, 11) is -3.96. The van der Waals surface area contributed by atoms with Crippen LogP contribution in [-0.4, -0.2) is 50.4 Å². The zero-order chi connectivity index (χ0) is 20.6. The minimum absolute atomic E-state index is 0.0208. The van der Waals surface area contributed by atoms with Gasteiger partial charge in [-0.05, 0) is 36.4 Å². The third kappa shape index (κ3) is 3.75. The maximum Gasteiger partial charge on any atom is 0.266 e. The van der Waals surface area contributed by atoms with Crippen LogP contribution in [0.5, 0.6) is 0 Å². The molecule has 0 spiro atoms. The first-order chi connectivity index (χ1) is 13.9. The molecule has 8 nitrogen and oxygen atoms in total. The molecule has 0 radical (unpaired) electrons. The first-order valence-corrected chi connectivity index (χ1v) is 10.8. The van der Waals surface area contributed by atoms with Gasteiger partial charge in [0.05, 0.1) is 11.2 Å². The van der Waals surface area contributed by atoms with E-state index in [4.69, 9.17) is 20.4 Å². The quantitative estimate of drug-likeness (QED) is 0.621. The predicted octanol–water partition coefficient (Wildman–Crippen LogP) is 3.09. The summed E-state index contributed by atoms with van der Waals surface area (Å²) >= 11 is 5.89. The number of benzene rings is 1. The Morgan fingerprint density at radius 3 is 2.38 bits per heavy atom. The predicted molar refractivity (Wildman–Crippen MR) is 106 cm³/mol. The molecular formula is C19H18ClN3O5S. The van der Waals surface area contributed by atoms with E-state index in [0.717, 1.165) is 0 Å². The number of carbonyl (C=O) groups is 1. The number of amides is 1. The Kier molecular flexibility index (Phi) is 5.10. The van der Waals surface area contributed by atoms with Crippen LogP contribution in [0.1, 0.15) is 6.92 Å². The van der Waals surface area contributed by atoms with Crippen LogP contribution in [0.15, 0.2) is 61.4 Å². The Balaban J connectivity index is 1.76. The average molecular weight is 436 g/mol. The molecule has 1 saturated heterocycles. The van der Waals surface area contributed by atoms with Gasteiger partial charge in [-0.15, -0.1) is 0 Å². The number of anilines is 1. The van der Waals surface area contributed by atoms with E-state index in [1.807, 2.05) is 0 Å². The Hall–Kier alpha value is -2.78. The highest BCUT2D eigenvalue weighted by molar-refractivity contribution is 7.91. The fourth-order valence-corrected chi connectivity index (χ4v) is 4.58. The van der Waals surface area contributed by atoms with E-state index in [2.05, 4.69) is 4.98 Å². The van der Waals surface area contributed by atoms with Crippen molar-refractivity contribution >= 4 is 33.2 Å². The number of aromatic nitrogens is 1. The molecule has 3 aromatic rings. The topological polar surface area (TPSA) is 96.9 Å². The SMILES string of the molecule is CC(=O)N1CCN(c2oc(-c3ccco3)nc2S(=O)(=O)c2ccc(Cl)cc2)CC1. The number of piperazine rings is 1. The van der Waals surface area contributed by atoms with Gasteiger partial charge in [0, 0.05) is 38.1 Å². The van der Waals surface area contributed by atoms with E-state index >= 15 is 0 Å². The van der Waals surface area contributed by atoms with Crippen molar-refractivity contribution in [3.05, 3.63) is 47.7 Å². The minimum Gasteiger partial charge on any atom is -0.459 e. The van der Waals surface area contributed by atoms with Crippen LogP contribution in [-0.2, 0) is 14.6 Å². The van der Waals surface area contributed by atoms with Crippen molar-refractivity contribution in [1.82, 2.24) is 9.88 Å². The molecule has 10 heteroatoms. The van der Waals surface area contributed by atoms with Crippen LogP contribution in [0.25, 0.3) is 11.7 Å². The molecule has 0 aliphatic carbocycles. The normalized spacial score (nSPS) is 15.0. The van der Waals surface area contributed by atoms with Crippen molar-refractivity contribution in [3.63, 3.8) is 0 Å². The molecule has 0 saturated carbocycles. The zero-order valence-corrected chi connectivity index (χ0v) is 17.1. The van der Waals surface area contributed by atoms with E-state index in [-0.39, 0.29) is 27.6 Å². The summed E-state index contributed by atoms with van der Waals surface area (Å²) in [5, 5.41) is 0.239. The zero-order valence-electron chi connectivity index (χ0n) is 15.5. The number of hydrogen-bond acceptors (Lipinski definition) is 7. The molecule has 3 heterocycles. The molecule has 0 unspecified atom stereocenters. The van der Waals surface area contributed by atoms with Gasteiger partial charge in [0.15, 0.2) is 5.76 Å². The Morgan fingerprint density at radius 1 is 1.10 bits per heavy atom. The first-order valence-electron chi connectivity index (χ1n) is 8.92. The molecule has 4 rings (SSSR count). The summed E-state index contributed by atoms with van der Waals surface area (Å²) in [6.07, 6.45) is 1.46. The van der Waals surface area contributed by atoms with E-state index in [1.54, 1.807) is 21.9 Å². The van der Waals surface area contributed by atoms with E-state index < -0.39 is 9.84 Å². The number of oxazole rings is 1. The maximum absolute atomic E-state index is 13.3. The van der Waals surface area contributed by atoms with Crippen molar-refractivity contribution in [2.24, 2.45) is 0 Å². The van der Waals surface area contributed by atoms with Crippen LogP contribution in [0.4, 0.5) is 5.88 Å². The number of rotatable bonds is 4. The molecule has 1 amide bonds. The van der Waals surface area contributed by atoms with Crippen molar-refractivity contribution in [2.75, 3.05) is 31.1 Å². The lowest BCUT2D eigenvalue weighted by atomic mass is 10.3. The standard InChI is InChI=1S/C19H18ClN3O5S/c1-13(24)22-8-10-23(11-9-22)19-18(21-17(28-19)16-3-2-12-27-16)29(25,26)15-6-4-14(20)5-7-15/h2-7,12H,8-11H2,1H3. The summed E-state index contributed by atoms with van der Waals surface area (Å²) in [5.41, 5.74) is 0. The highest BCUT2D eigenvalue weighted by atomic mass is 35.5. The lowest BCUT2D eigenvalue weighted by Gasteiger charge is -2.34. The van der Waals surface area contributed by atoms with E-state index in [9.17, 15) is 13.2 Å². The first kappa shape index (κ1) is 19.5. The van der Waals surface area contributed by atoms with Gasteiger partial charge in [-0.2, -0.15) is 4.98 Å². The minimum atomic E-state index is -3.96. The fourth-order valence-electron chi connectivity index (χ4n) is 3.13. The average Bonchev–Trinajstić information content (AvgIpc) is 3.38. The molecule has 1 aliphatic rings. The third-order valence-electron chi connectivity index (χ3n) is 4.70. The number of carbonyl (C=O) groups excluding carboxylic acids is 1. The second-order valence-electron chi connectivity index (χ2n) is 6.56. The Morgan fingerprint density at radius 2 is 1.79 bits per heavy atom. The molecule has 1 fully saturated rings. The van der Waals surface area contributed by atoms with Crippen molar-refractivity contribution in [1.29, 1.82) is 0 Å². The van der Waals surface area contributed by atoms with Gasteiger partial charge in [0.25, 0.3) is 5.89 Å².